The number of aliphatic hydroxyl groups is 1. The monoisotopic (exact) mass is 346 g/mol. The highest BCUT2D eigenvalue weighted by atomic mass is 35.5. The first kappa shape index (κ1) is 15.5. The Morgan fingerprint density at radius 1 is 1.42 bits per heavy atom. The number of aryl methyl sites for hydroxylation is 1. The van der Waals surface area contributed by atoms with Gasteiger partial charge in [0.15, 0.2) is 0 Å². The number of fused-ring (bicyclic) bond motifs is 2. The van der Waals surface area contributed by atoms with Crippen molar-refractivity contribution in [2.24, 2.45) is 0 Å². The predicted molar refractivity (Wildman–Crippen MR) is 92.6 cm³/mol. The minimum absolute atomic E-state index is 0.138. The van der Waals surface area contributed by atoms with Gasteiger partial charge in [-0.1, -0.05) is 11.6 Å². The topological polar surface area (TPSA) is 93.2 Å². The van der Waals surface area contributed by atoms with Crippen LogP contribution in [0, 0.1) is 0 Å². The first-order valence-corrected chi connectivity index (χ1v) is 8.54. The molecule has 1 aliphatic carbocycles. The molecule has 0 amide bonds. The number of halogens is 1. The lowest BCUT2D eigenvalue weighted by Gasteiger charge is -2.26. The molecule has 6 nitrogen and oxygen atoms in total. The molecule has 0 bridgehead atoms. The van der Waals surface area contributed by atoms with Crippen LogP contribution in [0.1, 0.15) is 40.4 Å². The summed E-state index contributed by atoms with van der Waals surface area (Å²) in [6.07, 6.45) is 2.02. The van der Waals surface area contributed by atoms with E-state index in [1.807, 2.05) is 18.2 Å². The summed E-state index contributed by atoms with van der Waals surface area (Å²) >= 11 is 6.11. The molecule has 0 saturated heterocycles. The van der Waals surface area contributed by atoms with Crippen LogP contribution < -0.4 is 11.1 Å². The number of nitrogens with two attached hydrogens (primary N) is 1. The number of benzene rings is 1. The highest BCUT2D eigenvalue weighted by Crippen LogP contribution is 2.36. The third-order valence-electron chi connectivity index (χ3n) is 4.90. The predicted octanol–water partition coefficient (Wildman–Crippen LogP) is 2.21. The van der Waals surface area contributed by atoms with E-state index in [1.54, 1.807) is 0 Å². The van der Waals surface area contributed by atoms with E-state index in [-0.39, 0.29) is 11.8 Å². The number of anilines is 2. The van der Waals surface area contributed by atoms with Crippen molar-refractivity contribution in [3.63, 3.8) is 0 Å². The molecule has 4 rings (SSSR count). The fraction of sp³-hybridized carbons (Fsp3) is 0.412. The average molecular weight is 347 g/mol. The van der Waals surface area contributed by atoms with Crippen molar-refractivity contribution in [1.82, 2.24) is 9.78 Å². The van der Waals surface area contributed by atoms with Gasteiger partial charge in [-0.15, -0.1) is 0 Å². The Balaban J connectivity index is 1.72. The van der Waals surface area contributed by atoms with E-state index < -0.39 is 6.10 Å². The molecule has 0 saturated carbocycles. The molecule has 0 unspecified atom stereocenters. The van der Waals surface area contributed by atoms with Gasteiger partial charge in [0.1, 0.15) is 5.82 Å². The van der Waals surface area contributed by atoms with Gasteiger partial charge in [0, 0.05) is 29.2 Å². The summed E-state index contributed by atoms with van der Waals surface area (Å²) in [5, 5.41) is 18.2. The van der Waals surface area contributed by atoms with Crippen molar-refractivity contribution in [2.45, 2.75) is 37.7 Å². The second-order valence-electron chi connectivity index (χ2n) is 6.46. The lowest BCUT2D eigenvalue weighted by Crippen LogP contribution is -2.28. The van der Waals surface area contributed by atoms with Crippen molar-refractivity contribution in [3.8, 4) is 0 Å². The molecule has 7 heteroatoms. The SMILES string of the molecule is Nc1c2c(nn1C(=O)[C@H]1CCNc3ccc(Cl)cc31)CC[C@H](O)C2. The molecule has 2 heterocycles. The van der Waals surface area contributed by atoms with Gasteiger partial charge < -0.3 is 16.2 Å². The van der Waals surface area contributed by atoms with Gasteiger partial charge >= 0.3 is 0 Å². The average Bonchev–Trinajstić information content (AvgIpc) is 2.90. The Labute approximate surface area is 144 Å². The van der Waals surface area contributed by atoms with Gasteiger partial charge in [-0.3, -0.25) is 4.79 Å². The summed E-state index contributed by atoms with van der Waals surface area (Å²) in [7, 11) is 0. The molecule has 1 aromatic carbocycles. The first-order chi connectivity index (χ1) is 11.5. The molecule has 1 aromatic heterocycles. The molecule has 126 valence electrons. The molecule has 24 heavy (non-hydrogen) atoms. The van der Waals surface area contributed by atoms with Gasteiger partial charge in [0.2, 0.25) is 0 Å². The molecular weight excluding hydrogens is 328 g/mol. The fourth-order valence-electron chi connectivity index (χ4n) is 3.64. The number of nitrogens with zero attached hydrogens (tertiary/aromatic N) is 2. The maximum atomic E-state index is 13.1. The largest absolute Gasteiger partial charge is 0.393 e. The number of rotatable bonds is 1. The summed E-state index contributed by atoms with van der Waals surface area (Å²) in [4.78, 5) is 13.1. The zero-order valence-electron chi connectivity index (χ0n) is 13.1. The highest BCUT2D eigenvalue weighted by Gasteiger charge is 2.32. The zero-order valence-corrected chi connectivity index (χ0v) is 13.9. The quantitative estimate of drug-likeness (QED) is 0.736. The molecule has 2 aromatic rings. The Morgan fingerprint density at radius 2 is 2.25 bits per heavy atom. The second-order valence-corrected chi connectivity index (χ2v) is 6.89. The summed E-state index contributed by atoms with van der Waals surface area (Å²) in [6.45, 7) is 0.713. The highest BCUT2D eigenvalue weighted by molar-refractivity contribution is 6.30. The third-order valence-corrected chi connectivity index (χ3v) is 5.14. The number of nitrogens with one attached hydrogen (secondary N) is 1. The number of hydrogen-bond donors (Lipinski definition) is 3. The van der Waals surface area contributed by atoms with Gasteiger partial charge in [-0.2, -0.15) is 9.78 Å². The molecule has 2 atom stereocenters. The van der Waals surface area contributed by atoms with Crippen LogP contribution >= 0.6 is 11.6 Å². The van der Waals surface area contributed by atoms with Gasteiger partial charge in [0.05, 0.1) is 17.7 Å². The Bertz CT molecular complexity index is 817. The van der Waals surface area contributed by atoms with Crippen LogP contribution in [0.4, 0.5) is 11.5 Å². The summed E-state index contributed by atoms with van der Waals surface area (Å²) in [5.74, 6) is -0.106. The number of hydrogen-bond acceptors (Lipinski definition) is 5. The van der Waals surface area contributed by atoms with Gasteiger partial charge in [-0.05, 0) is 43.0 Å². The normalized spacial score (nSPS) is 22.4. The van der Waals surface area contributed by atoms with Gasteiger partial charge in [-0.25, -0.2) is 0 Å². The van der Waals surface area contributed by atoms with E-state index in [9.17, 15) is 9.90 Å². The number of nitrogen functional groups attached to an aromatic ring is 1. The Kier molecular flexibility index (Phi) is 3.73. The second kappa shape index (κ2) is 5.79. The molecule has 1 aliphatic heterocycles. The lowest BCUT2D eigenvalue weighted by molar-refractivity contribution is 0.0859. The Hall–Kier alpha value is -2.05. The van der Waals surface area contributed by atoms with Crippen molar-refractivity contribution < 1.29 is 9.90 Å². The van der Waals surface area contributed by atoms with Crippen LogP contribution in [-0.2, 0) is 12.8 Å². The van der Waals surface area contributed by atoms with E-state index in [0.717, 1.165) is 22.5 Å². The maximum absolute atomic E-state index is 13.1. The van der Waals surface area contributed by atoms with E-state index in [1.165, 1.54) is 4.68 Å². The van der Waals surface area contributed by atoms with Crippen LogP contribution in [0.15, 0.2) is 18.2 Å². The van der Waals surface area contributed by atoms with E-state index >= 15 is 0 Å². The van der Waals surface area contributed by atoms with Gasteiger partial charge in [0.25, 0.3) is 5.91 Å². The fourth-order valence-corrected chi connectivity index (χ4v) is 3.82. The minimum Gasteiger partial charge on any atom is -0.393 e. The smallest absolute Gasteiger partial charge is 0.256 e. The van der Waals surface area contributed by atoms with Crippen molar-refractivity contribution in [1.29, 1.82) is 0 Å². The van der Waals surface area contributed by atoms with Crippen molar-refractivity contribution in [2.75, 3.05) is 17.6 Å². The standard InChI is InChI=1S/C17H19ClN4O2/c18-9-1-3-14-12(7-9)11(5-6-20-14)17(24)22-16(19)13-8-10(23)2-4-15(13)21-22/h1,3,7,10-11,20,23H,2,4-6,8,19H2/t10-,11-/m0/s1. The zero-order chi connectivity index (χ0) is 16.8. The van der Waals surface area contributed by atoms with Crippen molar-refractivity contribution >= 4 is 29.0 Å². The minimum atomic E-state index is -0.411. The van der Waals surface area contributed by atoms with E-state index in [4.69, 9.17) is 17.3 Å². The van der Waals surface area contributed by atoms with E-state index in [2.05, 4.69) is 10.4 Å². The number of aromatic nitrogens is 2. The molecule has 0 fully saturated rings. The number of carbonyl (C=O) groups is 1. The third kappa shape index (κ3) is 2.46. The Morgan fingerprint density at radius 3 is 3.08 bits per heavy atom. The van der Waals surface area contributed by atoms with Crippen LogP contribution in [0.2, 0.25) is 5.02 Å². The molecule has 2 aliphatic rings. The molecule has 0 radical (unpaired) electrons. The molecule has 0 spiro atoms. The molecular formula is C17H19ClN4O2. The summed E-state index contributed by atoms with van der Waals surface area (Å²) in [5.41, 5.74) is 9.61. The number of aliphatic hydroxyl groups excluding tert-OH is 1. The van der Waals surface area contributed by atoms with Crippen molar-refractivity contribution in [3.05, 3.63) is 40.0 Å². The number of carbonyl (C=O) groups excluding carboxylic acids is 1. The first-order valence-electron chi connectivity index (χ1n) is 8.16. The molecule has 4 N–H and O–H groups in total. The van der Waals surface area contributed by atoms with Crippen LogP contribution in [0.5, 0.6) is 0 Å². The van der Waals surface area contributed by atoms with Crippen LogP contribution in [0.3, 0.4) is 0 Å². The van der Waals surface area contributed by atoms with Crippen LogP contribution in [0.25, 0.3) is 0 Å². The van der Waals surface area contributed by atoms with E-state index in [0.29, 0.717) is 43.1 Å². The summed E-state index contributed by atoms with van der Waals surface area (Å²) < 4.78 is 1.32. The maximum Gasteiger partial charge on any atom is 0.256 e. The van der Waals surface area contributed by atoms with Crippen LogP contribution in [-0.4, -0.2) is 33.4 Å². The summed E-state index contributed by atoms with van der Waals surface area (Å²) in [6, 6.07) is 5.53. The lowest BCUT2D eigenvalue weighted by atomic mass is 9.90.